The minimum Gasteiger partial charge on any atom is -0.468 e. The number of hydrogen-bond acceptors (Lipinski definition) is 4. The first-order valence-electron chi connectivity index (χ1n) is 4.52. The van der Waals surface area contributed by atoms with Gasteiger partial charge in [-0.3, -0.25) is 4.79 Å². The van der Waals surface area contributed by atoms with Crippen LogP contribution in [0.4, 0.5) is 10.1 Å². The van der Waals surface area contributed by atoms with Crippen LogP contribution in [-0.4, -0.2) is 19.1 Å². The van der Waals surface area contributed by atoms with Crippen molar-refractivity contribution in [3.05, 3.63) is 28.5 Å². The van der Waals surface area contributed by atoms with E-state index in [1.54, 1.807) is 0 Å². The van der Waals surface area contributed by atoms with E-state index in [-0.39, 0.29) is 17.1 Å². The van der Waals surface area contributed by atoms with Gasteiger partial charge in [0.1, 0.15) is 11.9 Å². The number of ether oxygens (including phenoxy) is 1. The summed E-state index contributed by atoms with van der Waals surface area (Å²) in [5.74, 6) is -1.21. The highest BCUT2D eigenvalue weighted by molar-refractivity contribution is 6.30. The predicted octanol–water partition coefficient (Wildman–Crippen LogP) is 1.10. The molecule has 88 valence electrons. The fourth-order valence-corrected chi connectivity index (χ4v) is 1.51. The Balaban J connectivity index is 2.93. The van der Waals surface area contributed by atoms with Gasteiger partial charge in [0.25, 0.3) is 0 Å². The number of esters is 1. The summed E-state index contributed by atoms with van der Waals surface area (Å²) in [5.41, 5.74) is 11.4. The molecule has 0 radical (unpaired) electrons. The predicted molar refractivity (Wildman–Crippen MR) is 59.5 cm³/mol. The molecule has 0 aliphatic heterocycles. The van der Waals surface area contributed by atoms with Crippen molar-refractivity contribution in [2.24, 2.45) is 5.73 Å². The van der Waals surface area contributed by atoms with Crippen molar-refractivity contribution >= 4 is 23.3 Å². The molecule has 0 fully saturated rings. The monoisotopic (exact) mass is 246 g/mol. The SMILES string of the molecule is COC(=O)[C@H](N)Cc1cc(Cl)cc(F)c1N. The van der Waals surface area contributed by atoms with E-state index in [4.69, 9.17) is 23.1 Å². The van der Waals surface area contributed by atoms with Gasteiger partial charge in [0, 0.05) is 11.4 Å². The van der Waals surface area contributed by atoms with Crippen LogP contribution in [0.15, 0.2) is 12.1 Å². The van der Waals surface area contributed by atoms with Gasteiger partial charge in [0.05, 0.1) is 12.8 Å². The first-order valence-corrected chi connectivity index (χ1v) is 4.90. The molecular formula is C10H12ClFN2O2. The molecule has 1 aromatic rings. The minimum absolute atomic E-state index is 0.0521. The molecule has 0 saturated heterocycles. The van der Waals surface area contributed by atoms with E-state index < -0.39 is 17.8 Å². The molecule has 1 atom stereocenters. The zero-order chi connectivity index (χ0) is 12.3. The average Bonchev–Trinajstić information content (AvgIpc) is 2.23. The Labute approximate surface area is 97.3 Å². The number of methoxy groups -OCH3 is 1. The van der Waals surface area contributed by atoms with Gasteiger partial charge >= 0.3 is 5.97 Å². The van der Waals surface area contributed by atoms with Crippen LogP contribution in [0, 0.1) is 5.82 Å². The lowest BCUT2D eigenvalue weighted by atomic mass is 10.0. The zero-order valence-electron chi connectivity index (χ0n) is 8.67. The van der Waals surface area contributed by atoms with Crippen molar-refractivity contribution in [2.75, 3.05) is 12.8 Å². The smallest absolute Gasteiger partial charge is 0.322 e. The molecule has 6 heteroatoms. The van der Waals surface area contributed by atoms with Crippen molar-refractivity contribution in [1.82, 2.24) is 0 Å². The number of carbonyl (C=O) groups is 1. The highest BCUT2D eigenvalue weighted by atomic mass is 35.5. The van der Waals surface area contributed by atoms with Gasteiger partial charge in [-0.2, -0.15) is 0 Å². The molecule has 0 aliphatic rings. The van der Waals surface area contributed by atoms with Crippen LogP contribution >= 0.6 is 11.6 Å². The molecule has 0 bridgehead atoms. The maximum Gasteiger partial charge on any atom is 0.322 e. The normalized spacial score (nSPS) is 12.2. The van der Waals surface area contributed by atoms with Gasteiger partial charge in [0.15, 0.2) is 0 Å². The maximum atomic E-state index is 13.2. The molecule has 0 amide bonds. The summed E-state index contributed by atoms with van der Waals surface area (Å²) >= 11 is 5.67. The van der Waals surface area contributed by atoms with Gasteiger partial charge < -0.3 is 16.2 Å². The fraction of sp³-hybridized carbons (Fsp3) is 0.300. The summed E-state index contributed by atoms with van der Waals surface area (Å²) in [6.45, 7) is 0. The Bertz CT molecular complexity index is 412. The maximum absolute atomic E-state index is 13.2. The van der Waals surface area contributed by atoms with E-state index in [2.05, 4.69) is 4.74 Å². The third-order valence-electron chi connectivity index (χ3n) is 2.12. The average molecular weight is 247 g/mol. The number of rotatable bonds is 3. The molecular weight excluding hydrogens is 235 g/mol. The zero-order valence-corrected chi connectivity index (χ0v) is 9.42. The number of halogens is 2. The van der Waals surface area contributed by atoms with Crippen LogP contribution < -0.4 is 11.5 Å². The fourth-order valence-electron chi connectivity index (χ4n) is 1.28. The number of carbonyl (C=O) groups excluding carboxylic acids is 1. The Morgan fingerprint density at radius 3 is 2.81 bits per heavy atom. The lowest BCUT2D eigenvalue weighted by molar-refractivity contribution is -0.142. The summed E-state index contributed by atoms with van der Waals surface area (Å²) in [7, 11) is 1.23. The molecule has 0 aliphatic carbocycles. The summed E-state index contributed by atoms with van der Waals surface area (Å²) in [6.07, 6.45) is 0.0794. The number of hydrogen-bond donors (Lipinski definition) is 2. The third kappa shape index (κ3) is 2.84. The van der Waals surface area contributed by atoms with Crippen LogP contribution in [-0.2, 0) is 16.0 Å². The topological polar surface area (TPSA) is 78.3 Å². The van der Waals surface area contributed by atoms with Crippen molar-refractivity contribution in [3.8, 4) is 0 Å². The first kappa shape index (κ1) is 12.7. The third-order valence-corrected chi connectivity index (χ3v) is 2.34. The lowest BCUT2D eigenvalue weighted by Crippen LogP contribution is -2.33. The van der Waals surface area contributed by atoms with Crippen LogP contribution in [0.25, 0.3) is 0 Å². The highest BCUT2D eigenvalue weighted by Crippen LogP contribution is 2.23. The Morgan fingerprint density at radius 2 is 2.25 bits per heavy atom. The van der Waals surface area contributed by atoms with E-state index in [1.807, 2.05) is 0 Å². The highest BCUT2D eigenvalue weighted by Gasteiger charge is 2.17. The van der Waals surface area contributed by atoms with Crippen LogP contribution in [0.3, 0.4) is 0 Å². The largest absolute Gasteiger partial charge is 0.468 e. The second-order valence-electron chi connectivity index (χ2n) is 3.29. The van der Waals surface area contributed by atoms with Crippen LogP contribution in [0.2, 0.25) is 5.02 Å². The van der Waals surface area contributed by atoms with Crippen LogP contribution in [0.1, 0.15) is 5.56 Å². The Hall–Kier alpha value is -1.33. The number of benzene rings is 1. The molecule has 0 spiro atoms. The van der Waals surface area contributed by atoms with Gasteiger partial charge in [-0.25, -0.2) is 4.39 Å². The van der Waals surface area contributed by atoms with Gasteiger partial charge in [-0.15, -0.1) is 0 Å². The molecule has 0 saturated carbocycles. The van der Waals surface area contributed by atoms with Gasteiger partial charge in [0.2, 0.25) is 0 Å². The summed E-state index contributed by atoms with van der Waals surface area (Å²) in [5, 5.41) is 0.207. The standard InChI is InChI=1S/C10H12ClFN2O2/c1-16-10(15)8(13)3-5-2-6(11)4-7(12)9(5)14/h2,4,8H,3,13-14H2,1H3/t8-/m1/s1. The van der Waals surface area contributed by atoms with Crippen molar-refractivity contribution in [3.63, 3.8) is 0 Å². The summed E-state index contributed by atoms with van der Waals surface area (Å²) in [6, 6.07) is 1.69. The van der Waals surface area contributed by atoms with Crippen molar-refractivity contribution in [2.45, 2.75) is 12.5 Å². The Kier molecular flexibility index (Phi) is 4.09. The quantitative estimate of drug-likeness (QED) is 0.619. The molecule has 0 aromatic heterocycles. The molecule has 0 heterocycles. The molecule has 4 N–H and O–H groups in total. The van der Waals surface area contributed by atoms with Crippen molar-refractivity contribution in [1.29, 1.82) is 0 Å². The number of nitrogen functional groups attached to an aromatic ring is 1. The molecule has 16 heavy (non-hydrogen) atoms. The summed E-state index contributed by atoms with van der Waals surface area (Å²) in [4.78, 5) is 11.1. The molecule has 0 unspecified atom stereocenters. The van der Waals surface area contributed by atoms with Gasteiger partial charge in [-0.05, 0) is 17.7 Å². The Morgan fingerprint density at radius 1 is 1.62 bits per heavy atom. The van der Waals surface area contributed by atoms with Crippen LogP contribution in [0.5, 0.6) is 0 Å². The summed E-state index contributed by atoms with van der Waals surface area (Å²) < 4.78 is 17.7. The van der Waals surface area contributed by atoms with Crippen molar-refractivity contribution < 1.29 is 13.9 Å². The number of nitrogens with two attached hydrogens (primary N) is 2. The second kappa shape index (κ2) is 5.14. The second-order valence-corrected chi connectivity index (χ2v) is 3.73. The van der Waals surface area contributed by atoms with E-state index in [1.165, 1.54) is 13.2 Å². The lowest BCUT2D eigenvalue weighted by Gasteiger charge is -2.12. The molecule has 1 rings (SSSR count). The molecule has 1 aromatic carbocycles. The number of anilines is 1. The molecule has 4 nitrogen and oxygen atoms in total. The minimum atomic E-state index is -0.884. The first-order chi connectivity index (χ1) is 7.45. The van der Waals surface area contributed by atoms with Gasteiger partial charge in [-0.1, -0.05) is 11.6 Å². The van der Waals surface area contributed by atoms with E-state index in [0.29, 0.717) is 5.56 Å². The van der Waals surface area contributed by atoms with E-state index in [9.17, 15) is 9.18 Å². The van der Waals surface area contributed by atoms with E-state index >= 15 is 0 Å². The van der Waals surface area contributed by atoms with E-state index in [0.717, 1.165) is 6.07 Å².